The normalized spacial score (nSPS) is 24.6. The highest BCUT2D eigenvalue weighted by molar-refractivity contribution is 8.15. The maximum absolute atomic E-state index is 12.3. The molecule has 2 aliphatic heterocycles. The Hall–Kier alpha value is -1.86. The topological polar surface area (TPSA) is 79.8 Å². The summed E-state index contributed by atoms with van der Waals surface area (Å²) in [6, 6.07) is 5.86. The Kier molecular flexibility index (Phi) is 5.75. The van der Waals surface area contributed by atoms with E-state index in [0.29, 0.717) is 11.7 Å². The van der Waals surface area contributed by atoms with E-state index in [2.05, 4.69) is 15.6 Å². The molecule has 6 nitrogen and oxygen atoms in total. The van der Waals surface area contributed by atoms with Crippen molar-refractivity contribution in [3.05, 3.63) is 29.3 Å². The quantitative estimate of drug-likeness (QED) is 0.844. The summed E-state index contributed by atoms with van der Waals surface area (Å²) >= 11 is 1.32. The number of amides is 2. The highest BCUT2D eigenvalue weighted by Crippen LogP contribution is 2.24. The second-order valence-electron chi connectivity index (χ2n) is 6.45. The van der Waals surface area contributed by atoms with Crippen molar-refractivity contribution >= 4 is 34.4 Å². The number of ether oxygens (including phenoxy) is 1. The van der Waals surface area contributed by atoms with Crippen LogP contribution in [-0.2, 0) is 14.3 Å². The van der Waals surface area contributed by atoms with E-state index in [1.54, 1.807) is 0 Å². The van der Waals surface area contributed by atoms with Crippen LogP contribution in [0.2, 0.25) is 0 Å². The first-order valence-corrected chi connectivity index (χ1v) is 9.40. The number of nitrogens with one attached hydrogen (secondary N) is 2. The van der Waals surface area contributed by atoms with Crippen LogP contribution in [0.4, 0.5) is 5.69 Å². The van der Waals surface area contributed by atoms with Gasteiger partial charge in [0.25, 0.3) is 0 Å². The summed E-state index contributed by atoms with van der Waals surface area (Å²) in [5.41, 5.74) is 2.94. The zero-order valence-corrected chi connectivity index (χ0v) is 15.3. The molecule has 2 heterocycles. The molecule has 0 unspecified atom stereocenters. The van der Waals surface area contributed by atoms with E-state index in [1.165, 1.54) is 11.8 Å². The molecule has 0 radical (unpaired) electrons. The van der Waals surface area contributed by atoms with Crippen LogP contribution >= 0.6 is 11.8 Å². The predicted octanol–water partition coefficient (Wildman–Crippen LogP) is 2.40. The maximum atomic E-state index is 12.3. The van der Waals surface area contributed by atoms with Gasteiger partial charge in [-0.15, -0.1) is 0 Å². The number of amidine groups is 1. The first kappa shape index (κ1) is 17.9. The van der Waals surface area contributed by atoms with Crippen LogP contribution in [0, 0.1) is 13.8 Å². The highest BCUT2D eigenvalue weighted by Gasteiger charge is 2.32. The Morgan fingerprint density at radius 2 is 2.28 bits per heavy atom. The van der Waals surface area contributed by atoms with Crippen molar-refractivity contribution in [3.63, 3.8) is 0 Å². The standard InChI is InChI=1S/C18H23N3O3S/c1-11-5-6-14(12(2)8-11)20-16(22)9-15-17(23)21-18(25-15)19-10-13-4-3-7-24-13/h5-6,8,13,15H,3-4,7,9-10H2,1-2H3,(H,20,22)(H,19,21,23)/t13-,15-/m0/s1. The van der Waals surface area contributed by atoms with Gasteiger partial charge in [-0.1, -0.05) is 29.5 Å². The molecule has 2 saturated heterocycles. The van der Waals surface area contributed by atoms with Gasteiger partial charge >= 0.3 is 0 Å². The number of anilines is 1. The summed E-state index contributed by atoms with van der Waals surface area (Å²) < 4.78 is 5.52. The molecule has 1 aromatic rings. The fourth-order valence-corrected chi connectivity index (χ4v) is 3.89. The molecule has 2 atom stereocenters. The number of carbonyl (C=O) groups excluding carboxylic acids is 2. The number of nitrogens with zero attached hydrogens (tertiary/aromatic N) is 1. The summed E-state index contributed by atoms with van der Waals surface area (Å²) in [4.78, 5) is 28.7. The molecule has 2 amide bonds. The SMILES string of the molecule is Cc1ccc(NC(=O)C[C@@H]2SC(=NC[C@@H]3CCCO3)NC2=O)c(C)c1. The van der Waals surface area contributed by atoms with Gasteiger partial charge in [-0.05, 0) is 38.3 Å². The zero-order valence-electron chi connectivity index (χ0n) is 14.5. The average Bonchev–Trinajstić information content (AvgIpc) is 3.18. The van der Waals surface area contributed by atoms with Crippen LogP contribution in [-0.4, -0.2) is 41.5 Å². The molecule has 0 aliphatic carbocycles. The van der Waals surface area contributed by atoms with Gasteiger partial charge in [-0.3, -0.25) is 14.6 Å². The number of rotatable bonds is 5. The van der Waals surface area contributed by atoms with Gasteiger partial charge in [-0.25, -0.2) is 0 Å². The first-order valence-electron chi connectivity index (χ1n) is 8.52. The molecule has 1 aromatic carbocycles. The monoisotopic (exact) mass is 361 g/mol. The van der Waals surface area contributed by atoms with Gasteiger partial charge in [0, 0.05) is 18.7 Å². The van der Waals surface area contributed by atoms with Crippen molar-refractivity contribution in [2.24, 2.45) is 4.99 Å². The minimum atomic E-state index is -0.436. The number of thioether (sulfide) groups is 1. The number of carbonyl (C=O) groups is 2. The summed E-state index contributed by atoms with van der Waals surface area (Å²) in [5.74, 6) is -0.327. The van der Waals surface area contributed by atoms with Crippen LogP contribution in [0.5, 0.6) is 0 Å². The fourth-order valence-electron chi connectivity index (χ4n) is 2.91. The second-order valence-corrected chi connectivity index (χ2v) is 7.64. The summed E-state index contributed by atoms with van der Waals surface area (Å²) in [6.07, 6.45) is 2.35. The molecule has 2 aliphatic rings. The van der Waals surface area contributed by atoms with Crippen molar-refractivity contribution in [1.82, 2.24) is 5.32 Å². The predicted molar refractivity (Wildman–Crippen MR) is 100.0 cm³/mol. The van der Waals surface area contributed by atoms with Gasteiger partial charge in [0.2, 0.25) is 11.8 Å². The zero-order chi connectivity index (χ0) is 17.8. The Morgan fingerprint density at radius 3 is 3.00 bits per heavy atom. The molecule has 0 saturated carbocycles. The molecule has 25 heavy (non-hydrogen) atoms. The molecule has 3 rings (SSSR count). The Morgan fingerprint density at radius 1 is 1.44 bits per heavy atom. The van der Waals surface area contributed by atoms with E-state index >= 15 is 0 Å². The van der Waals surface area contributed by atoms with Crippen LogP contribution in [0.15, 0.2) is 23.2 Å². The smallest absolute Gasteiger partial charge is 0.240 e. The molecule has 0 bridgehead atoms. The Balaban J connectivity index is 1.52. The molecule has 7 heteroatoms. The van der Waals surface area contributed by atoms with Crippen molar-refractivity contribution in [2.75, 3.05) is 18.5 Å². The third kappa shape index (κ3) is 4.83. The molecule has 134 valence electrons. The Labute approximate surface area is 151 Å². The number of hydrogen-bond donors (Lipinski definition) is 2. The molecule has 0 aromatic heterocycles. The van der Waals surface area contributed by atoms with E-state index < -0.39 is 5.25 Å². The van der Waals surface area contributed by atoms with Crippen LogP contribution in [0.1, 0.15) is 30.4 Å². The van der Waals surface area contributed by atoms with E-state index in [-0.39, 0.29) is 24.3 Å². The van der Waals surface area contributed by atoms with Gasteiger partial charge in [0.15, 0.2) is 5.17 Å². The van der Waals surface area contributed by atoms with Crippen molar-refractivity contribution in [2.45, 2.75) is 44.5 Å². The van der Waals surface area contributed by atoms with Crippen molar-refractivity contribution < 1.29 is 14.3 Å². The van der Waals surface area contributed by atoms with E-state index in [1.807, 2.05) is 32.0 Å². The highest BCUT2D eigenvalue weighted by atomic mass is 32.2. The molecular formula is C18H23N3O3S. The minimum Gasteiger partial charge on any atom is -0.376 e. The lowest BCUT2D eigenvalue weighted by Crippen LogP contribution is -2.28. The first-order chi connectivity index (χ1) is 12.0. The average molecular weight is 361 g/mol. The molecular weight excluding hydrogens is 338 g/mol. The van der Waals surface area contributed by atoms with Crippen LogP contribution < -0.4 is 10.6 Å². The fraction of sp³-hybridized carbons (Fsp3) is 0.500. The van der Waals surface area contributed by atoms with Crippen molar-refractivity contribution in [1.29, 1.82) is 0 Å². The molecule has 2 fully saturated rings. The number of aliphatic imine (C=N–C) groups is 1. The number of hydrogen-bond acceptors (Lipinski definition) is 5. The lowest BCUT2D eigenvalue weighted by molar-refractivity contribution is -0.122. The number of aryl methyl sites for hydroxylation is 2. The van der Waals surface area contributed by atoms with Gasteiger partial charge in [0.1, 0.15) is 5.25 Å². The lowest BCUT2D eigenvalue weighted by Gasteiger charge is -2.10. The van der Waals surface area contributed by atoms with E-state index in [0.717, 1.165) is 36.3 Å². The minimum absolute atomic E-state index is 0.128. The largest absolute Gasteiger partial charge is 0.376 e. The van der Waals surface area contributed by atoms with Gasteiger partial charge in [0.05, 0.1) is 12.6 Å². The lowest BCUT2D eigenvalue weighted by atomic mass is 10.1. The molecule has 0 spiro atoms. The maximum Gasteiger partial charge on any atom is 0.240 e. The van der Waals surface area contributed by atoms with Crippen molar-refractivity contribution in [3.8, 4) is 0 Å². The number of benzene rings is 1. The van der Waals surface area contributed by atoms with E-state index in [4.69, 9.17) is 4.74 Å². The third-order valence-corrected chi connectivity index (χ3v) is 5.39. The van der Waals surface area contributed by atoms with Gasteiger partial charge < -0.3 is 15.4 Å². The van der Waals surface area contributed by atoms with E-state index in [9.17, 15) is 9.59 Å². The third-order valence-electron chi connectivity index (χ3n) is 4.27. The summed E-state index contributed by atoms with van der Waals surface area (Å²) in [6.45, 7) is 5.31. The van der Waals surface area contributed by atoms with Crippen LogP contribution in [0.3, 0.4) is 0 Å². The Bertz CT molecular complexity index is 699. The molecule has 2 N–H and O–H groups in total. The van der Waals surface area contributed by atoms with Crippen LogP contribution in [0.25, 0.3) is 0 Å². The van der Waals surface area contributed by atoms with Gasteiger partial charge in [-0.2, -0.15) is 0 Å². The second kappa shape index (κ2) is 8.01. The summed E-state index contributed by atoms with van der Waals surface area (Å²) in [5, 5.41) is 5.79. The summed E-state index contributed by atoms with van der Waals surface area (Å²) in [7, 11) is 0.